The number of rotatable bonds is 5. The SMILES string of the molecule is C[C@H](Cc1ccccc1)CN1CCO[C@H](C(N)=O)C1. The zero-order chi connectivity index (χ0) is 13.7. The lowest BCUT2D eigenvalue weighted by atomic mass is 10.0. The Hall–Kier alpha value is -1.39. The Morgan fingerprint density at radius 1 is 1.47 bits per heavy atom. The van der Waals surface area contributed by atoms with E-state index in [9.17, 15) is 4.79 Å². The summed E-state index contributed by atoms with van der Waals surface area (Å²) in [4.78, 5) is 13.4. The van der Waals surface area contributed by atoms with E-state index in [0.29, 0.717) is 19.1 Å². The summed E-state index contributed by atoms with van der Waals surface area (Å²) in [7, 11) is 0. The summed E-state index contributed by atoms with van der Waals surface area (Å²) in [6.45, 7) is 5.30. The largest absolute Gasteiger partial charge is 0.367 e. The molecular weight excluding hydrogens is 240 g/mol. The van der Waals surface area contributed by atoms with Crippen molar-refractivity contribution in [1.82, 2.24) is 4.90 Å². The third kappa shape index (κ3) is 4.33. The maximum Gasteiger partial charge on any atom is 0.247 e. The molecule has 1 aliphatic heterocycles. The minimum atomic E-state index is -0.447. The van der Waals surface area contributed by atoms with Crippen molar-refractivity contribution in [2.45, 2.75) is 19.4 Å². The third-order valence-corrected chi connectivity index (χ3v) is 3.46. The molecule has 4 nitrogen and oxygen atoms in total. The van der Waals surface area contributed by atoms with Gasteiger partial charge in [-0.05, 0) is 17.9 Å². The van der Waals surface area contributed by atoms with E-state index in [1.807, 2.05) is 6.07 Å². The molecule has 2 rings (SSSR count). The molecule has 0 unspecified atom stereocenters. The monoisotopic (exact) mass is 262 g/mol. The fourth-order valence-electron chi connectivity index (χ4n) is 2.56. The molecule has 1 aliphatic rings. The van der Waals surface area contributed by atoms with E-state index in [4.69, 9.17) is 10.5 Å². The van der Waals surface area contributed by atoms with E-state index >= 15 is 0 Å². The Morgan fingerprint density at radius 3 is 2.89 bits per heavy atom. The van der Waals surface area contributed by atoms with E-state index in [-0.39, 0.29) is 5.91 Å². The van der Waals surface area contributed by atoms with Gasteiger partial charge in [0, 0.05) is 19.6 Å². The van der Waals surface area contributed by atoms with Crippen LogP contribution in [0.25, 0.3) is 0 Å². The van der Waals surface area contributed by atoms with Crippen molar-refractivity contribution in [3.05, 3.63) is 35.9 Å². The maximum absolute atomic E-state index is 11.1. The molecule has 1 heterocycles. The quantitative estimate of drug-likeness (QED) is 0.863. The van der Waals surface area contributed by atoms with Gasteiger partial charge in [-0.2, -0.15) is 0 Å². The van der Waals surface area contributed by atoms with Gasteiger partial charge in [0.1, 0.15) is 6.10 Å². The lowest BCUT2D eigenvalue weighted by Crippen LogP contribution is -2.49. The van der Waals surface area contributed by atoms with Gasteiger partial charge in [0.25, 0.3) is 0 Å². The zero-order valence-electron chi connectivity index (χ0n) is 11.4. The van der Waals surface area contributed by atoms with E-state index < -0.39 is 6.10 Å². The Kier molecular flexibility index (Phi) is 4.93. The molecule has 0 radical (unpaired) electrons. The number of primary amides is 1. The number of ether oxygens (including phenoxy) is 1. The van der Waals surface area contributed by atoms with Crippen molar-refractivity contribution >= 4 is 5.91 Å². The topological polar surface area (TPSA) is 55.6 Å². The Morgan fingerprint density at radius 2 is 2.21 bits per heavy atom. The van der Waals surface area contributed by atoms with Crippen LogP contribution in [-0.4, -0.2) is 43.2 Å². The number of carbonyl (C=O) groups excluding carboxylic acids is 1. The van der Waals surface area contributed by atoms with Gasteiger partial charge in [-0.25, -0.2) is 0 Å². The summed E-state index contributed by atoms with van der Waals surface area (Å²) in [5, 5.41) is 0. The lowest BCUT2D eigenvalue weighted by Gasteiger charge is -2.33. The fraction of sp³-hybridized carbons (Fsp3) is 0.533. The Labute approximate surface area is 114 Å². The van der Waals surface area contributed by atoms with E-state index in [1.165, 1.54) is 5.56 Å². The zero-order valence-corrected chi connectivity index (χ0v) is 11.4. The molecule has 0 aliphatic carbocycles. The van der Waals surface area contributed by atoms with Crippen molar-refractivity contribution in [3.8, 4) is 0 Å². The average molecular weight is 262 g/mol. The van der Waals surface area contributed by atoms with Crippen LogP contribution in [0.2, 0.25) is 0 Å². The standard InChI is InChI=1S/C15H22N2O2/c1-12(9-13-5-3-2-4-6-13)10-17-7-8-19-14(11-17)15(16)18/h2-6,12,14H,7-11H2,1H3,(H2,16,18)/t12-,14+/m1/s1. The van der Waals surface area contributed by atoms with E-state index in [1.54, 1.807) is 0 Å². The molecule has 1 fully saturated rings. The van der Waals surface area contributed by atoms with Crippen molar-refractivity contribution in [3.63, 3.8) is 0 Å². The summed E-state index contributed by atoms with van der Waals surface area (Å²) in [6, 6.07) is 10.5. The first-order valence-electron chi connectivity index (χ1n) is 6.82. The van der Waals surface area contributed by atoms with Crippen LogP contribution in [-0.2, 0) is 16.0 Å². The fourth-order valence-corrected chi connectivity index (χ4v) is 2.56. The van der Waals surface area contributed by atoms with Crippen LogP contribution in [0.4, 0.5) is 0 Å². The number of nitrogens with two attached hydrogens (primary N) is 1. The molecule has 0 bridgehead atoms. The first kappa shape index (κ1) is 14.0. The second kappa shape index (κ2) is 6.68. The summed E-state index contributed by atoms with van der Waals surface area (Å²) in [5.74, 6) is 0.189. The number of morpholine rings is 1. The molecule has 0 spiro atoms. The van der Waals surface area contributed by atoms with Crippen LogP contribution in [0.3, 0.4) is 0 Å². The lowest BCUT2D eigenvalue weighted by molar-refractivity contribution is -0.135. The van der Waals surface area contributed by atoms with Crippen molar-refractivity contribution < 1.29 is 9.53 Å². The second-order valence-electron chi connectivity index (χ2n) is 5.32. The number of hydrogen-bond donors (Lipinski definition) is 1. The number of amides is 1. The normalized spacial score (nSPS) is 22.1. The highest BCUT2D eigenvalue weighted by Crippen LogP contribution is 2.12. The second-order valence-corrected chi connectivity index (χ2v) is 5.32. The van der Waals surface area contributed by atoms with Gasteiger partial charge >= 0.3 is 0 Å². The highest BCUT2D eigenvalue weighted by Gasteiger charge is 2.25. The minimum Gasteiger partial charge on any atom is -0.367 e. The molecule has 4 heteroatoms. The smallest absolute Gasteiger partial charge is 0.247 e. The van der Waals surface area contributed by atoms with E-state index in [0.717, 1.165) is 19.5 Å². The molecule has 2 atom stereocenters. The van der Waals surface area contributed by atoms with Crippen molar-refractivity contribution in [2.75, 3.05) is 26.2 Å². The van der Waals surface area contributed by atoms with Crippen molar-refractivity contribution in [2.24, 2.45) is 11.7 Å². The molecule has 1 aromatic rings. The van der Waals surface area contributed by atoms with Crippen LogP contribution < -0.4 is 5.73 Å². The molecule has 1 saturated heterocycles. The van der Waals surface area contributed by atoms with Crippen LogP contribution >= 0.6 is 0 Å². The average Bonchev–Trinajstić information content (AvgIpc) is 2.40. The van der Waals surface area contributed by atoms with Crippen LogP contribution in [0, 0.1) is 5.92 Å². The van der Waals surface area contributed by atoms with Crippen LogP contribution in [0.5, 0.6) is 0 Å². The van der Waals surface area contributed by atoms with Crippen molar-refractivity contribution in [1.29, 1.82) is 0 Å². The van der Waals surface area contributed by atoms with Gasteiger partial charge in [-0.1, -0.05) is 37.3 Å². The molecule has 0 saturated carbocycles. The highest BCUT2D eigenvalue weighted by molar-refractivity contribution is 5.79. The maximum atomic E-state index is 11.1. The highest BCUT2D eigenvalue weighted by atomic mass is 16.5. The van der Waals surface area contributed by atoms with Gasteiger partial charge in [-0.3, -0.25) is 9.69 Å². The molecule has 104 valence electrons. The number of hydrogen-bond acceptors (Lipinski definition) is 3. The molecule has 0 aromatic heterocycles. The first-order chi connectivity index (χ1) is 9.15. The number of nitrogens with zero attached hydrogens (tertiary/aromatic N) is 1. The molecule has 19 heavy (non-hydrogen) atoms. The summed E-state index contributed by atoms with van der Waals surface area (Å²) in [5.41, 5.74) is 6.65. The minimum absolute atomic E-state index is 0.361. The predicted octanol–water partition coefficient (Wildman–Crippen LogP) is 1.05. The van der Waals surface area contributed by atoms with Gasteiger partial charge in [-0.15, -0.1) is 0 Å². The van der Waals surface area contributed by atoms with Gasteiger partial charge in [0.2, 0.25) is 5.91 Å². The molecule has 1 aromatic carbocycles. The van der Waals surface area contributed by atoms with Gasteiger partial charge in [0.15, 0.2) is 0 Å². The van der Waals surface area contributed by atoms with E-state index in [2.05, 4.69) is 36.1 Å². The molecular formula is C15H22N2O2. The first-order valence-corrected chi connectivity index (χ1v) is 6.82. The Balaban J connectivity index is 1.82. The summed E-state index contributed by atoms with van der Waals surface area (Å²) in [6.07, 6.45) is 0.608. The van der Waals surface area contributed by atoms with Gasteiger partial charge in [0.05, 0.1) is 6.61 Å². The van der Waals surface area contributed by atoms with Crippen LogP contribution in [0.15, 0.2) is 30.3 Å². The van der Waals surface area contributed by atoms with Gasteiger partial charge < -0.3 is 10.5 Å². The number of benzene rings is 1. The Bertz CT molecular complexity index is 408. The predicted molar refractivity (Wildman–Crippen MR) is 74.7 cm³/mol. The van der Waals surface area contributed by atoms with Crippen LogP contribution in [0.1, 0.15) is 12.5 Å². The molecule has 2 N–H and O–H groups in total. The summed E-state index contributed by atoms with van der Waals surface area (Å²) < 4.78 is 5.35. The summed E-state index contributed by atoms with van der Waals surface area (Å²) >= 11 is 0. The third-order valence-electron chi connectivity index (χ3n) is 3.46. The number of carbonyl (C=O) groups is 1. The molecule has 1 amide bonds.